The van der Waals surface area contributed by atoms with Gasteiger partial charge in [0.15, 0.2) is 0 Å². The lowest BCUT2D eigenvalue weighted by Crippen LogP contribution is -2.20. The van der Waals surface area contributed by atoms with E-state index in [0.717, 1.165) is 35.2 Å². The van der Waals surface area contributed by atoms with E-state index in [9.17, 15) is 4.79 Å². The van der Waals surface area contributed by atoms with Crippen molar-refractivity contribution in [3.05, 3.63) is 34.3 Å². The van der Waals surface area contributed by atoms with Crippen LogP contribution in [0.25, 0.3) is 0 Å². The molecule has 0 radical (unpaired) electrons. The maximum absolute atomic E-state index is 12.5. The maximum atomic E-state index is 12.5. The van der Waals surface area contributed by atoms with Gasteiger partial charge in [-0.05, 0) is 62.4 Å². The minimum atomic E-state index is -0.164. The second-order valence-corrected chi connectivity index (χ2v) is 8.02. The molecule has 0 unspecified atom stereocenters. The van der Waals surface area contributed by atoms with E-state index in [1.165, 1.54) is 24.2 Å². The minimum absolute atomic E-state index is 0.164. The lowest BCUT2D eigenvalue weighted by molar-refractivity contribution is 0.102. The van der Waals surface area contributed by atoms with Gasteiger partial charge in [-0.2, -0.15) is 0 Å². The fourth-order valence-corrected chi connectivity index (χ4v) is 3.67. The summed E-state index contributed by atoms with van der Waals surface area (Å²) in [6.07, 6.45) is 3.81. The van der Waals surface area contributed by atoms with Crippen molar-refractivity contribution >= 4 is 22.4 Å². The predicted molar refractivity (Wildman–Crippen MR) is 97.5 cm³/mol. The fraction of sp³-hybridized carbons (Fsp3) is 0.500. The summed E-state index contributed by atoms with van der Waals surface area (Å²) < 4.78 is 5.51. The molecule has 0 aliphatic heterocycles. The van der Waals surface area contributed by atoms with Gasteiger partial charge in [0.1, 0.15) is 10.8 Å². The highest BCUT2D eigenvalue weighted by atomic mass is 32.1. The Balaban J connectivity index is 1.47. The first kappa shape index (κ1) is 16.5. The number of aromatic nitrogens is 2. The summed E-state index contributed by atoms with van der Waals surface area (Å²) in [6.45, 7) is 2.97. The zero-order valence-electron chi connectivity index (χ0n) is 14.4. The molecule has 2 atom stereocenters. The largest absolute Gasteiger partial charge is 0.496 e. The number of hydrogen-bond donors (Lipinski definition) is 2. The molecular formula is C18H22N4O2S. The average molecular weight is 358 g/mol. The van der Waals surface area contributed by atoms with Crippen molar-refractivity contribution in [3.63, 3.8) is 0 Å². The molecule has 2 aliphatic rings. The summed E-state index contributed by atoms with van der Waals surface area (Å²) in [5.41, 5.74) is 1.73. The van der Waals surface area contributed by atoms with Crippen LogP contribution in [0, 0.1) is 12.8 Å². The number of carbonyl (C=O) groups is 1. The van der Waals surface area contributed by atoms with E-state index in [1.807, 2.05) is 19.1 Å². The first-order valence-corrected chi connectivity index (χ1v) is 9.48. The maximum Gasteiger partial charge on any atom is 0.257 e. The van der Waals surface area contributed by atoms with Gasteiger partial charge in [0, 0.05) is 17.5 Å². The third-order valence-electron chi connectivity index (χ3n) is 4.79. The van der Waals surface area contributed by atoms with Crippen molar-refractivity contribution in [2.24, 2.45) is 5.92 Å². The van der Waals surface area contributed by atoms with E-state index in [0.29, 0.717) is 22.7 Å². The van der Waals surface area contributed by atoms with Crippen LogP contribution in [0.4, 0.5) is 5.13 Å². The summed E-state index contributed by atoms with van der Waals surface area (Å²) in [7, 11) is 1.68. The summed E-state index contributed by atoms with van der Waals surface area (Å²) in [5, 5.41) is 15.7. The Morgan fingerprint density at radius 3 is 2.88 bits per heavy atom. The fourth-order valence-electron chi connectivity index (χ4n) is 3.09. The molecule has 1 heterocycles. The third kappa shape index (κ3) is 3.82. The van der Waals surface area contributed by atoms with Crippen molar-refractivity contribution in [1.82, 2.24) is 15.5 Å². The van der Waals surface area contributed by atoms with Gasteiger partial charge in [0.25, 0.3) is 5.91 Å². The lowest BCUT2D eigenvalue weighted by Gasteiger charge is -2.11. The number of anilines is 1. The molecule has 132 valence electrons. The molecule has 2 saturated carbocycles. The molecular weight excluding hydrogens is 336 g/mol. The van der Waals surface area contributed by atoms with E-state index in [-0.39, 0.29) is 5.91 Å². The Labute approximate surface area is 151 Å². The monoisotopic (exact) mass is 358 g/mol. The number of amides is 1. The smallest absolute Gasteiger partial charge is 0.257 e. The van der Waals surface area contributed by atoms with Gasteiger partial charge >= 0.3 is 0 Å². The van der Waals surface area contributed by atoms with E-state index in [2.05, 4.69) is 20.8 Å². The van der Waals surface area contributed by atoms with E-state index >= 15 is 0 Å². The standard InChI is InChI=1S/C18H22N4O2S/c1-10-21-22-18(25-10)20-17(23)12-5-6-16(24-2)14(7-12)13-8-15(13)19-9-11-3-4-11/h5-7,11,13,15,19H,3-4,8-9H2,1-2H3,(H,20,22,23)/t13-,15+/m0/s1. The molecule has 6 nitrogen and oxygen atoms in total. The van der Waals surface area contributed by atoms with Crippen molar-refractivity contribution < 1.29 is 9.53 Å². The molecule has 0 bridgehead atoms. The van der Waals surface area contributed by atoms with Crippen LogP contribution < -0.4 is 15.4 Å². The number of aryl methyl sites for hydroxylation is 1. The number of nitrogens with one attached hydrogen (secondary N) is 2. The number of carbonyl (C=O) groups excluding carboxylic acids is 1. The van der Waals surface area contributed by atoms with Crippen LogP contribution in [-0.2, 0) is 0 Å². The van der Waals surface area contributed by atoms with Crippen molar-refractivity contribution in [2.45, 2.75) is 38.1 Å². The highest BCUT2D eigenvalue weighted by Crippen LogP contribution is 2.45. The molecule has 1 aromatic heterocycles. The lowest BCUT2D eigenvalue weighted by atomic mass is 10.0. The molecule has 7 heteroatoms. The van der Waals surface area contributed by atoms with Crippen molar-refractivity contribution in [2.75, 3.05) is 19.0 Å². The molecule has 2 aliphatic carbocycles. The Hall–Kier alpha value is -1.99. The zero-order chi connectivity index (χ0) is 17.4. The topological polar surface area (TPSA) is 76.1 Å². The highest BCUT2D eigenvalue weighted by molar-refractivity contribution is 7.15. The van der Waals surface area contributed by atoms with Gasteiger partial charge in [-0.25, -0.2) is 0 Å². The van der Waals surface area contributed by atoms with Gasteiger partial charge in [-0.1, -0.05) is 11.3 Å². The second-order valence-electron chi connectivity index (χ2n) is 6.84. The van der Waals surface area contributed by atoms with Crippen LogP contribution in [-0.4, -0.2) is 35.8 Å². The zero-order valence-corrected chi connectivity index (χ0v) is 15.2. The van der Waals surface area contributed by atoms with Crippen LogP contribution in [0.15, 0.2) is 18.2 Å². The van der Waals surface area contributed by atoms with Crippen LogP contribution in [0.2, 0.25) is 0 Å². The van der Waals surface area contributed by atoms with Gasteiger partial charge in [-0.3, -0.25) is 10.1 Å². The third-order valence-corrected chi connectivity index (χ3v) is 5.55. The molecule has 1 aromatic carbocycles. The SMILES string of the molecule is COc1ccc(C(=O)Nc2nnc(C)s2)cc1[C@@H]1C[C@H]1NCC1CC1. The molecule has 0 saturated heterocycles. The summed E-state index contributed by atoms with van der Waals surface area (Å²) in [4.78, 5) is 12.5. The molecule has 25 heavy (non-hydrogen) atoms. The molecule has 1 amide bonds. The summed E-state index contributed by atoms with van der Waals surface area (Å²) in [6, 6.07) is 6.12. The predicted octanol–water partition coefficient (Wildman–Crippen LogP) is 2.96. The van der Waals surface area contributed by atoms with Gasteiger partial charge in [-0.15, -0.1) is 10.2 Å². The van der Waals surface area contributed by atoms with Crippen LogP contribution in [0.3, 0.4) is 0 Å². The van der Waals surface area contributed by atoms with E-state index in [4.69, 9.17) is 4.74 Å². The van der Waals surface area contributed by atoms with Crippen molar-refractivity contribution in [3.8, 4) is 5.75 Å². The number of rotatable bonds is 7. The highest BCUT2D eigenvalue weighted by Gasteiger charge is 2.40. The van der Waals surface area contributed by atoms with Crippen molar-refractivity contribution in [1.29, 1.82) is 0 Å². The minimum Gasteiger partial charge on any atom is -0.496 e. The quantitative estimate of drug-likeness (QED) is 0.796. The average Bonchev–Trinajstić information content (AvgIpc) is 3.52. The molecule has 4 rings (SSSR count). The summed E-state index contributed by atoms with van der Waals surface area (Å²) in [5.74, 6) is 1.98. The molecule has 2 fully saturated rings. The number of benzene rings is 1. The number of methoxy groups -OCH3 is 1. The van der Waals surface area contributed by atoms with E-state index in [1.54, 1.807) is 13.2 Å². The molecule has 2 aromatic rings. The number of nitrogens with zero attached hydrogens (tertiary/aromatic N) is 2. The number of hydrogen-bond acceptors (Lipinski definition) is 6. The van der Waals surface area contributed by atoms with Gasteiger partial charge in [0.2, 0.25) is 5.13 Å². The van der Waals surface area contributed by atoms with Crippen LogP contribution in [0.5, 0.6) is 5.75 Å². The Morgan fingerprint density at radius 1 is 1.36 bits per heavy atom. The van der Waals surface area contributed by atoms with Gasteiger partial charge in [0.05, 0.1) is 7.11 Å². The van der Waals surface area contributed by atoms with Crippen LogP contribution >= 0.6 is 11.3 Å². The number of ether oxygens (including phenoxy) is 1. The van der Waals surface area contributed by atoms with Crippen LogP contribution in [0.1, 0.15) is 46.1 Å². The normalized spacial score (nSPS) is 21.8. The van der Waals surface area contributed by atoms with E-state index < -0.39 is 0 Å². The van der Waals surface area contributed by atoms with Gasteiger partial charge < -0.3 is 10.1 Å². The Bertz CT molecular complexity index is 787. The second kappa shape index (κ2) is 6.72. The first-order chi connectivity index (χ1) is 12.1. The molecule has 0 spiro atoms. The Kier molecular flexibility index (Phi) is 4.43. The molecule has 2 N–H and O–H groups in total. The summed E-state index contributed by atoms with van der Waals surface area (Å²) >= 11 is 1.37. The Morgan fingerprint density at radius 2 is 2.20 bits per heavy atom. The first-order valence-electron chi connectivity index (χ1n) is 8.67.